The third kappa shape index (κ3) is 3.98. The van der Waals surface area contributed by atoms with Crippen LogP contribution in [0.15, 0.2) is 73.3 Å². The molecule has 2 aromatic rings. The molecular formula is C18H19N3O2S. The van der Waals surface area contributed by atoms with E-state index in [4.69, 9.17) is 12.2 Å². The smallest absolute Gasteiger partial charge is 0.279 e. The lowest BCUT2D eigenvalue weighted by atomic mass is 9.85. The first-order valence-electron chi connectivity index (χ1n) is 7.37. The molecule has 0 bridgehead atoms. The topological polar surface area (TPSA) is 73.4 Å². The van der Waals surface area contributed by atoms with E-state index in [9.17, 15) is 9.90 Å². The minimum absolute atomic E-state index is 0.228. The molecule has 0 saturated heterocycles. The Morgan fingerprint density at radius 2 is 1.54 bits per heavy atom. The third-order valence-corrected chi connectivity index (χ3v) is 3.65. The van der Waals surface area contributed by atoms with Gasteiger partial charge < -0.3 is 10.4 Å². The zero-order valence-corrected chi connectivity index (χ0v) is 13.8. The van der Waals surface area contributed by atoms with Crippen LogP contribution in [-0.2, 0) is 10.4 Å². The molecule has 2 aromatic carbocycles. The summed E-state index contributed by atoms with van der Waals surface area (Å²) in [6.07, 6.45) is 1.64. The fraction of sp³-hybridized carbons (Fsp3) is 0.111. The first-order valence-corrected chi connectivity index (χ1v) is 7.78. The summed E-state index contributed by atoms with van der Waals surface area (Å²) < 4.78 is 0. The van der Waals surface area contributed by atoms with Crippen LogP contribution in [0.5, 0.6) is 0 Å². The summed E-state index contributed by atoms with van der Waals surface area (Å²) in [5.41, 5.74) is 4.10. The molecule has 0 heterocycles. The molecule has 1 amide bonds. The van der Waals surface area contributed by atoms with Gasteiger partial charge in [-0.3, -0.25) is 15.6 Å². The van der Waals surface area contributed by atoms with Gasteiger partial charge in [0, 0.05) is 6.54 Å². The summed E-state index contributed by atoms with van der Waals surface area (Å²) in [7, 11) is 0. The van der Waals surface area contributed by atoms with Crippen LogP contribution in [0.1, 0.15) is 11.1 Å². The van der Waals surface area contributed by atoms with E-state index in [1.54, 1.807) is 54.6 Å². The largest absolute Gasteiger partial charge is 0.372 e. The fourth-order valence-electron chi connectivity index (χ4n) is 2.20. The monoisotopic (exact) mass is 341 g/mol. The summed E-state index contributed by atoms with van der Waals surface area (Å²) in [6.45, 7) is 4.03. The van der Waals surface area contributed by atoms with Crippen molar-refractivity contribution in [3.05, 3.63) is 84.4 Å². The Bertz CT molecular complexity index is 665. The second-order valence-corrected chi connectivity index (χ2v) is 5.43. The minimum Gasteiger partial charge on any atom is -0.372 e. The Kier molecular flexibility index (Phi) is 6.06. The van der Waals surface area contributed by atoms with Gasteiger partial charge in [-0.1, -0.05) is 66.7 Å². The molecule has 0 spiro atoms. The molecule has 0 aliphatic heterocycles. The summed E-state index contributed by atoms with van der Waals surface area (Å²) in [5.74, 6) is -0.636. The lowest BCUT2D eigenvalue weighted by molar-refractivity contribution is -0.137. The van der Waals surface area contributed by atoms with E-state index in [0.29, 0.717) is 17.7 Å². The maximum absolute atomic E-state index is 12.7. The highest BCUT2D eigenvalue weighted by atomic mass is 32.1. The van der Waals surface area contributed by atoms with Crippen molar-refractivity contribution in [1.29, 1.82) is 0 Å². The quantitative estimate of drug-likeness (QED) is 0.378. The number of hydrogen-bond acceptors (Lipinski definition) is 3. The highest BCUT2D eigenvalue weighted by molar-refractivity contribution is 7.80. The molecule has 0 radical (unpaired) electrons. The molecule has 124 valence electrons. The number of rotatable bonds is 5. The van der Waals surface area contributed by atoms with Crippen LogP contribution in [0.25, 0.3) is 0 Å². The van der Waals surface area contributed by atoms with Crippen molar-refractivity contribution in [2.24, 2.45) is 0 Å². The average Bonchev–Trinajstić information content (AvgIpc) is 2.65. The fourth-order valence-corrected chi connectivity index (χ4v) is 2.33. The minimum atomic E-state index is -1.84. The molecule has 0 unspecified atom stereocenters. The van der Waals surface area contributed by atoms with Gasteiger partial charge in [-0.25, -0.2) is 0 Å². The van der Waals surface area contributed by atoms with Gasteiger partial charge in [-0.2, -0.15) is 0 Å². The van der Waals surface area contributed by atoms with E-state index in [1.807, 2.05) is 12.1 Å². The molecule has 5 nitrogen and oxygen atoms in total. The summed E-state index contributed by atoms with van der Waals surface area (Å²) in [5, 5.41) is 14.2. The van der Waals surface area contributed by atoms with Gasteiger partial charge >= 0.3 is 0 Å². The zero-order chi connectivity index (χ0) is 17.4. The van der Waals surface area contributed by atoms with Gasteiger partial charge in [0.05, 0.1) is 0 Å². The Morgan fingerprint density at radius 3 is 2.00 bits per heavy atom. The maximum Gasteiger partial charge on any atom is 0.279 e. The first kappa shape index (κ1) is 17.7. The molecular weight excluding hydrogens is 322 g/mol. The summed E-state index contributed by atoms with van der Waals surface area (Å²) >= 11 is 5.03. The molecule has 24 heavy (non-hydrogen) atoms. The van der Waals surface area contributed by atoms with E-state index in [1.165, 1.54) is 0 Å². The number of benzene rings is 2. The van der Waals surface area contributed by atoms with Gasteiger partial charge in [-0.15, -0.1) is 6.58 Å². The Hall–Kier alpha value is -2.70. The first-order chi connectivity index (χ1) is 11.6. The Balaban J connectivity index is 2.25. The predicted octanol–water partition coefficient (Wildman–Crippen LogP) is 1.60. The lowest BCUT2D eigenvalue weighted by Gasteiger charge is -2.28. The number of hydrogen-bond donors (Lipinski definition) is 4. The molecule has 4 N–H and O–H groups in total. The van der Waals surface area contributed by atoms with Crippen molar-refractivity contribution in [3.8, 4) is 0 Å². The highest BCUT2D eigenvalue weighted by Crippen LogP contribution is 2.29. The van der Waals surface area contributed by atoms with Crippen molar-refractivity contribution in [2.75, 3.05) is 6.54 Å². The molecule has 2 rings (SSSR count). The van der Waals surface area contributed by atoms with E-state index >= 15 is 0 Å². The van der Waals surface area contributed by atoms with Gasteiger partial charge in [0.2, 0.25) is 0 Å². The molecule has 0 aromatic heterocycles. The van der Waals surface area contributed by atoms with Crippen LogP contribution < -0.4 is 16.2 Å². The van der Waals surface area contributed by atoms with Crippen molar-refractivity contribution in [2.45, 2.75) is 5.60 Å². The Labute approximate surface area is 146 Å². The van der Waals surface area contributed by atoms with Crippen LogP contribution in [0.2, 0.25) is 0 Å². The number of carbonyl (C=O) groups is 1. The second kappa shape index (κ2) is 8.24. The second-order valence-electron chi connectivity index (χ2n) is 5.02. The van der Waals surface area contributed by atoms with E-state index in [-0.39, 0.29) is 5.11 Å². The molecule has 0 aliphatic rings. The van der Waals surface area contributed by atoms with Crippen LogP contribution in [-0.4, -0.2) is 22.7 Å². The maximum atomic E-state index is 12.7. The van der Waals surface area contributed by atoms with Crippen molar-refractivity contribution >= 4 is 23.2 Å². The third-order valence-electron chi connectivity index (χ3n) is 3.41. The van der Waals surface area contributed by atoms with Crippen LogP contribution in [0, 0.1) is 0 Å². The van der Waals surface area contributed by atoms with Gasteiger partial charge in [0.15, 0.2) is 10.7 Å². The molecule has 0 saturated carbocycles. The number of aliphatic hydroxyl groups is 1. The van der Waals surface area contributed by atoms with Crippen molar-refractivity contribution in [1.82, 2.24) is 16.2 Å². The van der Waals surface area contributed by atoms with Gasteiger partial charge in [-0.05, 0) is 23.3 Å². The number of amides is 1. The van der Waals surface area contributed by atoms with E-state index < -0.39 is 11.5 Å². The number of thiocarbonyl (C=S) groups is 1. The molecule has 0 fully saturated rings. The van der Waals surface area contributed by atoms with Crippen LogP contribution in [0.3, 0.4) is 0 Å². The lowest BCUT2D eigenvalue weighted by Crippen LogP contribution is -2.54. The van der Waals surface area contributed by atoms with Crippen LogP contribution in [0.4, 0.5) is 0 Å². The normalized spacial score (nSPS) is 10.5. The summed E-state index contributed by atoms with van der Waals surface area (Å²) in [6, 6.07) is 17.5. The molecule has 0 atom stereocenters. The van der Waals surface area contributed by atoms with Gasteiger partial charge in [0.1, 0.15) is 0 Å². The zero-order valence-electron chi connectivity index (χ0n) is 13.0. The van der Waals surface area contributed by atoms with Gasteiger partial charge in [0.25, 0.3) is 5.91 Å². The summed E-state index contributed by atoms with van der Waals surface area (Å²) in [4.78, 5) is 12.7. The predicted molar refractivity (Wildman–Crippen MR) is 98.0 cm³/mol. The average molecular weight is 341 g/mol. The van der Waals surface area contributed by atoms with E-state index in [2.05, 4.69) is 22.7 Å². The Morgan fingerprint density at radius 1 is 1.04 bits per heavy atom. The number of nitrogens with one attached hydrogen (secondary N) is 3. The molecule has 6 heteroatoms. The SMILES string of the molecule is C=CCNC(=S)NNC(=O)C(O)(c1ccccc1)c1ccccc1. The van der Waals surface area contributed by atoms with E-state index in [0.717, 1.165) is 0 Å². The van der Waals surface area contributed by atoms with Crippen LogP contribution >= 0.6 is 12.2 Å². The van der Waals surface area contributed by atoms with Crippen molar-refractivity contribution < 1.29 is 9.90 Å². The highest BCUT2D eigenvalue weighted by Gasteiger charge is 2.39. The van der Waals surface area contributed by atoms with Crippen molar-refractivity contribution in [3.63, 3.8) is 0 Å². The number of hydrazine groups is 1. The standard InChI is InChI=1S/C18H19N3O2S/c1-2-13-19-17(24)21-20-16(22)18(23,14-9-5-3-6-10-14)15-11-7-4-8-12-15/h2-12,23H,1,13H2,(H,20,22)(H2,19,21,24). The number of carbonyl (C=O) groups excluding carboxylic acids is 1. The molecule has 0 aliphatic carbocycles.